The van der Waals surface area contributed by atoms with E-state index in [-0.39, 0.29) is 47.6 Å². The molecule has 0 aliphatic heterocycles. The Bertz CT molecular complexity index is 1840. The van der Waals surface area contributed by atoms with Gasteiger partial charge in [-0.05, 0) is 48.5 Å². The first kappa shape index (κ1) is 34.4. The van der Waals surface area contributed by atoms with E-state index in [0.717, 1.165) is 0 Å². The number of benzene rings is 4. The summed E-state index contributed by atoms with van der Waals surface area (Å²) in [5, 5.41) is 0. The number of methoxy groups -OCH3 is 4. The standard InChI is InChI=1S/2C18H15N3O4/c2*1-23-16-19-17(24-2)21-18(20-16)25-14-10-8-13(9-11-14)15(22)12-6-4-3-5-7-12/h2*3-11H,1-2H3. The molecule has 0 aliphatic rings. The number of nitrogens with zero attached hydrogens (tertiary/aromatic N) is 6. The molecule has 0 amide bonds. The van der Waals surface area contributed by atoms with E-state index < -0.39 is 0 Å². The quantitative estimate of drug-likeness (QED) is 0.142. The lowest BCUT2D eigenvalue weighted by Gasteiger charge is -2.07. The first-order chi connectivity index (χ1) is 24.4. The van der Waals surface area contributed by atoms with Crippen molar-refractivity contribution in [1.29, 1.82) is 0 Å². The van der Waals surface area contributed by atoms with E-state index in [0.29, 0.717) is 33.8 Å². The largest absolute Gasteiger partial charge is 0.467 e. The molecule has 0 saturated heterocycles. The molecule has 252 valence electrons. The molecule has 14 heteroatoms. The summed E-state index contributed by atoms with van der Waals surface area (Å²) >= 11 is 0. The molecule has 0 aliphatic carbocycles. The van der Waals surface area contributed by atoms with E-state index in [4.69, 9.17) is 28.4 Å². The van der Waals surface area contributed by atoms with E-state index in [2.05, 4.69) is 29.9 Å². The van der Waals surface area contributed by atoms with E-state index in [9.17, 15) is 9.59 Å². The van der Waals surface area contributed by atoms with Crippen LogP contribution in [0.1, 0.15) is 31.8 Å². The number of rotatable bonds is 12. The Labute approximate surface area is 286 Å². The van der Waals surface area contributed by atoms with Crippen molar-refractivity contribution in [3.05, 3.63) is 131 Å². The minimum atomic E-state index is -0.0596. The Hall–Kier alpha value is -6.96. The van der Waals surface area contributed by atoms with E-state index in [1.54, 1.807) is 72.8 Å². The van der Waals surface area contributed by atoms with Crippen molar-refractivity contribution in [3.8, 4) is 47.6 Å². The number of hydrogen-bond acceptors (Lipinski definition) is 14. The van der Waals surface area contributed by atoms with E-state index in [1.165, 1.54) is 28.4 Å². The Morgan fingerprint density at radius 3 is 0.900 bits per heavy atom. The number of aromatic nitrogens is 6. The zero-order valence-corrected chi connectivity index (χ0v) is 27.3. The van der Waals surface area contributed by atoms with E-state index in [1.807, 2.05) is 36.4 Å². The molecule has 14 nitrogen and oxygen atoms in total. The van der Waals surface area contributed by atoms with Crippen LogP contribution in [-0.2, 0) is 0 Å². The van der Waals surface area contributed by atoms with Crippen LogP contribution >= 0.6 is 0 Å². The molecular formula is C36H30N6O8. The van der Waals surface area contributed by atoms with Gasteiger partial charge in [-0.1, -0.05) is 60.7 Å². The minimum Gasteiger partial charge on any atom is -0.467 e. The van der Waals surface area contributed by atoms with Gasteiger partial charge in [0.1, 0.15) is 11.5 Å². The van der Waals surface area contributed by atoms with Crippen LogP contribution in [0.2, 0.25) is 0 Å². The third kappa shape index (κ3) is 9.10. The first-order valence-corrected chi connectivity index (χ1v) is 14.8. The Morgan fingerprint density at radius 2 is 0.620 bits per heavy atom. The lowest BCUT2D eigenvalue weighted by molar-refractivity contribution is 0.103. The monoisotopic (exact) mass is 674 g/mol. The fourth-order valence-electron chi connectivity index (χ4n) is 4.17. The van der Waals surface area contributed by atoms with Crippen molar-refractivity contribution in [2.24, 2.45) is 0 Å². The maximum absolute atomic E-state index is 12.4. The van der Waals surface area contributed by atoms with Gasteiger partial charge in [0.2, 0.25) is 0 Å². The Morgan fingerprint density at radius 1 is 0.360 bits per heavy atom. The number of carbonyl (C=O) groups excluding carboxylic acids is 2. The highest BCUT2D eigenvalue weighted by Crippen LogP contribution is 2.24. The number of ether oxygens (including phenoxy) is 6. The molecule has 50 heavy (non-hydrogen) atoms. The van der Waals surface area contributed by atoms with Gasteiger partial charge >= 0.3 is 36.1 Å². The van der Waals surface area contributed by atoms with Crippen LogP contribution in [0.15, 0.2) is 109 Å². The van der Waals surface area contributed by atoms with Gasteiger partial charge in [-0.15, -0.1) is 29.9 Å². The predicted octanol–water partition coefficient (Wildman–Crippen LogP) is 5.82. The average Bonchev–Trinajstić information content (AvgIpc) is 3.18. The van der Waals surface area contributed by atoms with Crippen molar-refractivity contribution >= 4 is 11.6 Å². The van der Waals surface area contributed by atoms with Gasteiger partial charge in [-0.2, -0.15) is 0 Å². The van der Waals surface area contributed by atoms with Crippen LogP contribution in [0.3, 0.4) is 0 Å². The molecule has 0 unspecified atom stereocenters. The lowest BCUT2D eigenvalue weighted by Crippen LogP contribution is -2.02. The Kier molecular flexibility index (Phi) is 11.5. The molecule has 0 saturated carbocycles. The van der Waals surface area contributed by atoms with Gasteiger partial charge in [0.05, 0.1) is 28.4 Å². The van der Waals surface area contributed by atoms with Crippen molar-refractivity contribution in [3.63, 3.8) is 0 Å². The molecule has 0 N–H and O–H groups in total. The maximum Gasteiger partial charge on any atom is 0.331 e. The first-order valence-electron chi connectivity index (χ1n) is 14.8. The van der Waals surface area contributed by atoms with Gasteiger partial charge in [-0.3, -0.25) is 9.59 Å². The third-order valence-corrected chi connectivity index (χ3v) is 6.60. The van der Waals surface area contributed by atoms with Crippen molar-refractivity contribution in [2.45, 2.75) is 0 Å². The van der Waals surface area contributed by atoms with Gasteiger partial charge in [0.25, 0.3) is 0 Å². The lowest BCUT2D eigenvalue weighted by atomic mass is 10.0. The van der Waals surface area contributed by atoms with Crippen LogP contribution < -0.4 is 28.4 Å². The molecule has 6 aromatic rings. The topological polar surface area (TPSA) is 167 Å². The molecule has 2 aromatic heterocycles. The fourth-order valence-corrected chi connectivity index (χ4v) is 4.17. The van der Waals surface area contributed by atoms with Crippen molar-refractivity contribution in [2.75, 3.05) is 28.4 Å². The molecule has 6 rings (SSSR count). The SMILES string of the molecule is COc1nc(OC)nc(Oc2ccc(C(=O)c3ccccc3)cc2)n1.COc1nc(OC)nc(Oc2ccc(C(=O)c3ccccc3)cc2)n1. The summed E-state index contributed by atoms with van der Waals surface area (Å²) < 4.78 is 31.0. The third-order valence-electron chi connectivity index (χ3n) is 6.60. The fraction of sp³-hybridized carbons (Fsp3) is 0.111. The highest BCUT2D eigenvalue weighted by Gasteiger charge is 2.13. The highest BCUT2D eigenvalue weighted by atomic mass is 16.5. The highest BCUT2D eigenvalue weighted by molar-refractivity contribution is 6.09. The molecular weight excluding hydrogens is 644 g/mol. The normalized spacial score (nSPS) is 10.2. The summed E-state index contributed by atoms with van der Waals surface area (Å²) in [4.78, 5) is 48.5. The molecule has 4 aromatic carbocycles. The van der Waals surface area contributed by atoms with Crippen LogP contribution in [0.5, 0.6) is 47.6 Å². The molecule has 0 atom stereocenters. The van der Waals surface area contributed by atoms with E-state index >= 15 is 0 Å². The summed E-state index contributed by atoms with van der Waals surface area (Å²) in [5.74, 6) is 0.825. The van der Waals surface area contributed by atoms with Gasteiger partial charge in [0, 0.05) is 22.3 Å². The average molecular weight is 675 g/mol. The van der Waals surface area contributed by atoms with Gasteiger partial charge in [0.15, 0.2) is 11.6 Å². The summed E-state index contributed by atoms with van der Waals surface area (Å²) in [5.41, 5.74) is 2.37. The molecule has 0 spiro atoms. The number of ketones is 2. The Balaban J connectivity index is 0.000000194. The van der Waals surface area contributed by atoms with Gasteiger partial charge < -0.3 is 28.4 Å². The van der Waals surface area contributed by atoms with Crippen LogP contribution in [0.4, 0.5) is 0 Å². The van der Waals surface area contributed by atoms with Crippen molar-refractivity contribution in [1.82, 2.24) is 29.9 Å². The predicted molar refractivity (Wildman–Crippen MR) is 179 cm³/mol. The van der Waals surface area contributed by atoms with Crippen LogP contribution in [0, 0.1) is 0 Å². The maximum atomic E-state index is 12.4. The minimum absolute atomic E-state index is 0.0332. The molecule has 0 fully saturated rings. The number of carbonyl (C=O) groups is 2. The summed E-state index contributed by atoms with van der Waals surface area (Å²) in [6, 6.07) is 31.9. The van der Waals surface area contributed by atoms with Crippen molar-refractivity contribution < 1.29 is 38.0 Å². The summed E-state index contributed by atoms with van der Waals surface area (Å²) in [6.07, 6.45) is 0. The van der Waals surface area contributed by atoms with Crippen LogP contribution in [-0.4, -0.2) is 69.9 Å². The smallest absolute Gasteiger partial charge is 0.331 e. The second-order valence-electron chi connectivity index (χ2n) is 9.83. The second-order valence-corrected chi connectivity index (χ2v) is 9.83. The molecule has 2 heterocycles. The van der Waals surface area contributed by atoms with Gasteiger partial charge in [-0.25, -0.2) is 0 Å². The van der Waals surface area contributed by atoms with Crippen LogP contribution in [0.25, 0.3) is 0 Å². The summed E-state index contributed by atoms with van der Waals surface area (Å²) in [7, 11) is 5.73. The summed E-state index contributed by atoms with van der Waals surface area (Å²) in [6.45, 7) is 0. The number of hydrogen-bond donors (Lipinski definition) is 0. The molecule has 0 bridgehead atoms. The second kappa shape index (κ2) is 16.7. The zero-order valence-electron chi connectivity index (χ0n) is 27.3. The molecule has 0 radical (unpaired) electrons. The zero-order chi connectivity index (χ0) is 35.3.